The van der Waals surface area contributed by atoms with Gasteiger partial charge in [0, 0.05) is 37.9 Å². The van der Waals surface area contributed by atoms with E-state index in [1.165, 1.54) is 6.20 Å². The van der Waals surface area contributed by atoms with Gasteiger partial charge >= 0.3 is 0 Å². The number of aliphatic hydroxyl groups excluding tert-OH is 1. The van der Waals surface area contributed by atoms with E-state index in [9.17, 15) is 5.11 Å². The Labute approximate surface area is 155 Å². The van der Waals surface area contributed by atoms with E-state index in [0.29, 0.717) is 25.4 Å². The summed E-state index contributed by atoms with van der Waals surface area (Å²) in [6.45, 7) is 13.0. The van der Waals surface area contributed by atoms with Gasteiger partial charge in [-0.2, -0.15) is 0 Å². The molecule has 0 radical (unpaired) electrons. The fourth-order valence-electron chi connectivity index (χ4n) is 1.67. The molecule has 0 saturated carbocycles. The zero-order valence-corrected chi connectivity index (χ0v) is 17.1. The highest BCUT2D eigenvalue weighted by Crippen LogP contribution is 2.49. The molecule has 0 fully saturated rings. The summed E-state index contributed by atoms with van der Waals surface area (Å²) in [6.07, 6.45) is 3.21. The van der Waals surface area contributed by atoms with E-state index in [-0.39, 0.29) is 6.61 Å². The quantitative estimate of drug-likeness (QED) is 0.336. The molecule has 0 aromatic rings. The molecule has 7 nitrogen and oxygen atoms in total. The minimum Gasteiger partial charge on any atom is -0.389 e. The van der Waals surface area contributed by atoms with Crippen molar-refractivity contribution >= 4 is 17.1 Å². The molecule has 0 aliphatic carbocycles. The number of hydrogen-bond donors (Lipinski definition) is 2. The molecule has 0 saturated heterocycles. The van der Waals surface area contributed by atoms with Gasteiger partial charge in [0.25, 0.3) is 0 Å². The summed E-state index contributed by atoms with van der Waals surface area (Å²) in [4.78, 5) is 3.86. The highest BCUT2D eigenvalue weighted by atomic mass is 32.3. The van der Waals surface area contributed by atoms with Gasteiger partial charge in [0.15, 0.2) is 0 Å². The van der Waals surface area contributed by atoms with Crippen LogP contribution in [0.15, 0.2) is 29.9 Å². The lowest BCUT2D eigenvalue weighted by molar-refractivity contribution is 0.0376. The number of nitrogens with zero attached hydrogens (tertiary/aromatic N) is 1. The molecule has 25 heavy (non-hydrogen) atoms. The van der Waals surface area contributed by atoms with Crippen LogP contribution in [-0.4, -0.2) is 70.8 Å². The molecule has 0 amide bonds. The van der Waals surface area contributed by atoms with E-state index in [0.717, 1.165) is 12.0 Å². The Morgan fingerprint density at radius 2 is 1.84 bits per heavy atom. The average molecular weight is 381 g/mol. The van der Waals surface area contributed by atoms with Gasteiger partial charge in [-0.1, -0.05) is 27.0 Å². The van der Waals surface area contributed by atoms with Crippen LogP contribution in [0.2, 0.25) is 0 Å². The van der Waals surface area contributed by atoms with Gasteiger partial charge < -0.3 is 15.2 Å². The van der Waals surface area contributed by atoms with E-state index in [4.69, 9.17) is 17.3 Å². The largest absolute Gasteiger partial charge is 0.389 e. The molecular weight excluding hydrogens is 344 g/mol. The number of hydrogen-bond acceptors (Lipinski definition) is 7. The fraction of sp³-hybridized carbons (Fsp3) is 0.706. The van der Waals surface area contributed by atoms with Crippen molar-refractivity contribution < 1.29 is 22.4 Å². The first-order valence-electron chi connectivity index (χ1n) is 8.29. The van der Waals surface area contributed by atoms with Crippen LogP contribution in [0.25, 0.3) is 0 Å². The monoisotopic (exact) mass is 380 g/mol. The van der Waals surface area contributed by atoms with Crippen LogP contribution < -0.4 is 5.32 Å². The molecule has 150 valence electrons. The number of ether oxygens (including phenoxy) is 1. The molecule has 0 bridgehead atoms. The molecule has 0 aromatic carbocycles. The van der Waals surface area contributed by atoms with E-state index in [1.54, 1.807) is 27.5 Å². The van der Waals surface area contributed by atoms with Crippen LogP contribution in [0.3, 0.4) is 0 Å². The summed E-state index contributed by atoms with van der Waals surface area (Å²) < 4.78 is 21.2. The fourth-order valence-corrected chi connectivity index (χ4v) is 3.05. The van der Waals surface area contributed by atoms with Gasteiger partial charge in [-0.05, 0) is 12.0 Å². The Bertz CT molecular complexity index is 355. The Kier molecular flexibility index (Phi) is 19.1. The zero-order chi connectivity index (χ0) is 19.6. The maximum atomic E-state index is 9.80. The average Bonchev–Trinajstić information content (AvgIpc) is 2.65. The Hall–Kier alpha value is -0.740. The van der Waals surface area contributed by atoms with Crippen LogP contribution in [0.5, 0.6) is 0 Å². The van der Waals surface area contributed by atoms with E-state index < -0.39 is 17.0 Å². The second-order valence-electron chi connectivity index (χ2n) is 4.59. The van der Waals surface area contributed by atoms with Crippen LogP contribution in [0.4, 0.5) is 0 Å². The summed E-state index contributed by atoms with van der Waals surface area (Å²) in [7, 11) is 2.76. The normalized spacial score (nSPS) is 13.2. The minimum absolute atomic E-state index is 0.259. The van der Waals surface area contributed by atoms with Crippen molar-refractivity contribution in [3.8, 4) is 0 Å². The summed E-state index contributed by atoms with van der Waals surface area (Å²) in [6, 6.07) is 0. The molecule has 8 heteroatoms. The third kappa shape index (κ3) is 14.1. The van der Waals surface area contributed by atoms with Gasteiger partial charge in [0.2, 0.25) is 0 Å². The molecule has 0 spiro atoms. The maximum absolute atomic E-state index is 9.80. The molecular formula is C17H36N2O5S. The predicted octanol–water partition coefficient (Wildman–Crippen LogP) is 2.63. The number of aliphatic imine (C=N–C) groups is 1. The topological polar surface area (TPSA) is 81.5 Å². The smallest absolute Gasteiger partial charge is 0.0897 e. The van der Waals surface area contributed by atoms with E-state index in [1.807, 2.05) is 13.8 Å². The van der Waals surface area contributed by atoms with Gasteiger partial charge in [-0.25, -0.2) is 0 Å². The Balaban J connectivity index is 0. The van der Waals surface area contributed by atoms with E-state index >= 15 is 0 Å². The second kappa shape index (κ2) is 18.1. The van der Waals surface area contributed by atoms with Crippen LogP contribution in [0, 0.1) is 0 Å². The first kappa shape index (κ1) is 26.5. The van der Waals surface area contributed by atoms with Gasteiger partial charge in [-0.15, -0.1) is 0 Å². The van der Waals surface area contributed by atoms with Crippen LogP contribution in [-0.2, 0) is 17.3 Å². The number of rotatable bonds is 15. The third-order valence-corrected chi connectivity index (χ3v) is 5.16. The molecule has 1 atom stereocenters. The standard InChI is InChI=1S/C15H30N2O5S.C2H6/c1-6-16-10-14(2)11-17-12-15(18)13-22-8-7-9-23(19-3,20-4)21-5;1-2/h6,10,15,17-18H,1-2,7-9,11-13H2,3-5H3;1-2H3. The molecule has 0 heterocycles. The first-order valence-corrected chi connectivity index (χ1v) is 9.87. The van der Waals surface area contributed by atoms with Crippen molar-refractivity contribution in [2.45, 2.75) is 26.4 Å². The minimum atomic E-state index is -1.93. The SMILES string of the molecule is C=CN=CC(=C)CNCC(O)COCCCS(OC)(OC)OC.CC. The lowest BCUT2D eigenvalue weighted by Gasteiger charge is -2.33. The summed E-state index contributed by atoms with van der Waals surface area (Å²) in [5, 5.41) is 12.9. The molecule has 1 unspecified atom stereocenters. The lowest BCUT2D eigenvalue weighted by Crippen LogP contribution is -2.31. The van der Waals surface area contributed by atoms with Gasteiger partial charge in [0.05, 0.1) is 44.9 Å². The van der Waals surface area contributed by atoms with E-state index in [2.05, 4.69) is 23.5 Å². The molecule has 2 N–H and O–H groups in total. The summed E-state index contributed by atoms with van der Waals surface area (Å²) in [5.74, 6) is 0.618. The van der Waals surface area contributed by atoms with Crippen molar-refractivity contribution in [2.24, 2.45) is 4.99 Å². The molecule has 0 aromatic heterocycles. The van der Waals surface area contributed by atoms with Crippen molar-refractivity contribution in [2.75, 3.05) is 53.4 Å². The first-order chi connectivity index (χ1) is 12.0. The summed E-state index contributed by atoms with van der Waals surface area (Å²) >= 11 is 0. The third-order valence-electron chi connectivity index (χ3n) is 2.85. The molecule has 0 aliphatic rings. The highest BCUT2D eigenvalue weighted by molar-refractivity contribution is 8.21. The van der Waals surface area contributed by atoms with Gasteiger partial charge in [0.1, 0.15) is 0 Å². The van der Waals surface area contributed by atoms with Crippen molar-refractivity contribution in [3.05, 3.63) is 24.9 Å². The number of aliphatic hydroxyl groups is 1. The molecule has 0 aliphatic heterocycles. The lowest BCUT2D eigenvalue weighted by atomic mass is 10.3. The second-order valence-corrected chi connectivity index (χ2v) is 7.12. The van der Waals surface area contributed by atoms with Crippen LogP contribution >= 0.6 is 10.9 Å². The van der Waals surface area contributed by atoms with Crippen LogP contribution in [0.1, 0.15) is 20.3 Å². The Morgan fingerprint density at radius 1 is 1.24 bits per heavy atom. The Morgan fingerprint density at radius 3 is 2.36 bits per heavy atom. The number of nitrogens with one attached hydrogen (secondary N) is 1. The maximum Gasteiger partial charge on any atom is 0.0897 e. The highest BCUT2D eigenvalue weighted by Gasteiger charge is 2.22. The van der Waals surface area contributed by atoms with Crippen molar-refractivity contribution in [3.63, 3.8) is 0 Å². The predicted molar refractivity (Wildman–Crippen MR) is 107 cm³/mol. The molecule has 0 rings (SSSR count). The zero-order valence-electron chi connectivity index (χ0n) is 16.3. The van der Waals surface area contributed by atoms with Crippen molar-refractivity contribution in [1.82, 2.24) is 5.32 Å². The van der Waals surface area contributed by atoms with Crippen molar-refractivity contribution in [1.29, 1.82) is 0 Å². The summed E-state index contributed by atoms with van der Waals surface area (Å²) in [5.41, 5.74) is 0.816. The van der Waals surface area contributed by atoms with Gasteiger partial charge in [-0.3, -0.25) is 17.5 Å².